The van der Waals surface area contributed by atoms with Gasteiger partial charge in [0, 0.05) is 12.6 Å². The fourth-order valence-corrected chi connectivity index (χ4v) is 2.23. The Balaban J connectivity index is 0.00000128. The lowest BCUT2D eigenvalue weighted by atomic mass is 10.0. The van der Waals surface area contributed by atoms with Crippen LogP contribution in [0.1, 0.15) is 31.7 Å². The maximum Gasteiger partial charge on any atom is 0.115 e. The molecule has 0 bridgehead atoms. The average Bonchev–Trinajstić information content (AvgIpc) is 2.25. The van der Waals surface area contributed by atoms with Gasteiger partial charge in [-0.15, -0.1) is 12.4 Å². The summed E-state index contributed by atoms with van der Waals surface area (Å²) in [6.45, 7) is 4.53. The number of hydrogen-bond donors (Lipinski definition) is 1. The van der Waals surface area contributed by atoms with Crippen molar-refractivity contribution in [3.63, 3.8) is 0 Å². The van der Waals surface area contributed by atoms with E-state index in [-0.39, 0.29) is 12.4 Å². The molecule has 0 spiro atoms. The standard InChI is InChI=1S/C13H19NO.ClH/c1-11-4-2-3-9-14(11)10-12-5-7-13(15)8-6-12;/h5-8,11,15H,2-4,9-10H2,1H3;1H. The zero-order valence-corrected chi connectivity index (χ0v) is 10.5. The van der Waals surface area contributed by atoms with E-state index >= 15 is 0 Å². The Morgan fingerprint density at radius 3 is 2.56 bits per heavy atom. The van der Waals surface area contributed by atoms with Gasteiger partial charge in [0.25, 0.3) is 0 Å². The molecule has 1 aromatic carbocycles. The first-order valence-corrected chi connectivity index (χ1v) is 5.77. The molecule has 1 heterocycles. The number of rotatable bonds is 2. The minimum Gasteiger partial charge on any atom is -0.508 e. The number of piperidine rings is 1. The van der Waals surface area contributed by atoms with Gasteiger partial charge in [-0.25, -0.2) is 0 Å². The highest BCUT2D eigenvalue weighted by Crippen LogP contribution is 2.19. The molecule has 0 aromatic heterocycles. The first kappa shape index (κ1) is 13.3. The highest BCUT2D eigenvalue weighted by Gasteiger charge is 2.17. The highest BCUT2D eigenvalue weighted by atomic mass is 35.5. The van der Waals surface area contributed by atoms with Crippen LogP contribution in [0.5, 0.6) is 5.75 Å². The molecule has 0 radical (unpaired) electrons. The van der Waals surface area contributed by atoms with Gasteiger partial charge in [-0.2, -0.15) is 0 Å². The number of hydrogen-bond acceptors (Lipinski definition) is 2. The number of likely N-dealkylation sites (tertiary alicyclic amines) is 1. The van der Waals surface area contributed by atoms with Gasteiger partial charge in [-0.3, -0.25) is 4.90 Å². The van der Waals surface area contributed by atoms with Crippen LogP contribution in [0.25, 0.3) is 0 Å². The first-order valence-electron chi connectivity index (χ1n) is 5.77. The van der Waals surface area contributed by atoms with Crippen LogP contribution in [0, 0.1) is 0 Å². The molecule has 1 atom stereocenters. The van der Waals surface area contributed by atoms with Crippen molar-refractivity contribution in [2.75, 3.05) is 6.54 Å². The lowest BCUT2D eigenvalue weighted by Crippen LogP contribution is -2.36. The summed E-state index contributed by atoms with van der Waals surface area (Å²) >= 11 is 0. The van der Waals surface area contributed by atoms with Crippen LogP contribution >= 0.6 is 12.4 Å². The quantitative estimate of drug-likeness (QED) is 0.860. The Kier molecular flexibility index (Phi) is 5.10. The van der Waals surface area contributed by atoms with E-state index in [1.54, 1.807) is 12.1 Å². The molecule has 1 aliphatic rings. The topological polar surface area (TPSA) is 23.5 Å². The molecular formula is C13H20ClNO. The third-order valence-electron chi connectivity index (χ3n) is 3.26. The Hall–Kier alpha value is -0.730. The summed E-state index contributed by atoms with van der Waals surface area (Å²) in [4.78, 5) is 2.52. The number of benzene rings is 1. The van der Waals surface area contributed by atoms with Crippen LogP contribution < -0.4 is 0 Å². The second kappa shape index (κ2) is 6.12. The molecule has 1 aromatic rings. The molecule has 0 amide bonds. The van der Waals surface area contributed by atoms with E-state index in [0.717, 1.165) is 6.54 Å². The number of phenolic OH excluding ortho intramolecular Hbond substituents is 1. The average molecular weight is 242 g/mol. The summed E-state index contributed by atoms with van der Waals surface area (Å²) in [6.07, 6.45) is 4.01. The van der Waals surface area contributed by atoms with E-state index in [1.165, 1.54) is 31.4 Å². The number of nitrogens with zero attached hydrogens (tertiary/aromatic N) is 1. The van der Waals surface area contributed by atoms with Gasteiger partial charge in [-0.05, 0) is 44.0 Å². The maximum absolute atomic E-state index is 9.20. The summed E-state index contributed by atoms with van der Waals surface area (Å²) in [5.74, 6) is 0.352. The van der Waals surface area contributed by atoms with E-state index in [9.17, 15) is 5.11 Å². The molecule has 0 saturated carbocycles. The van der Waals surface area contributed by atoms with Crippen molar-refractivity contribution in [2.45, 2.75) is 38.8 Å². The molecule has 1 fully saturated rings. The van der Waals surface area contributed by atoms with E-state index in [4.69, 9.17) is 0 Å². The van der Waals surface area contributed by atoms with Crippen molar-refractivity contribution in [1.29, 1.82) is 0 Å². The van der Waals surface area contributed by atoms with Crippen LogP contribution in [-0.4, -0.2) is 22.6 Å². The third-order valence-corrected chi connectivity index (χ3v) is 3.26. The zero-order chi connectivity index (χ0) is 10.7. The summed E-state index contributed by atoms with van der Waals surface area (Å²) in [5, 5.41) is 9.20. The van der Waals surface area contributed by atoms with Crippen LogP contribution in [0.3, 0.4) is 0 Å². The number of halogens is 1. The van der Waals surface area contributed by atoms with Crippen molar-refractivity contribution in [1.82, 2.24) is 4.90 Å². The predicted molar refractivity (Wildman–Crippen MR) is 69.1 cm³/mol. The van der Waals surface area contributed by atoms with E-state index in [2.05, 4.69) is 11.8 Å². The molecule has 1 N–H and O–H groups in total. The molecule has 16 heavy (non-hydrogen) atoms. The molecule has 1 unspecified atom stereocenters. The molecular weight excluding hydrogens is 222 g/mol. The van der Waals surface area contributed by atoms with Gasteiger partial charge in [0.15, 0.2) is 0 Å². The first-order chi connectivity index (χ1) is 7.25. The molecule has 1 saturated heterocycles. The predicted octanol–water partition coefficient (Wildman–Crippen LogP) is 3.19. The van der Waals surface area contributed by atoms with Crippen LogP contribution in [0.2, 0.25) is 0 Å². The summed E-state index contributed by atoms with van der Waals surface area (Å²) in [5.41, 5.74) is 1.29. The Morgan fingerprint density at radius 1 is 1.25 bits per heavy atom. The Bertz CT molecular complexity index is 312. The second-order valence-electron chi connectivity index (χ2n) is 4.48. The fraction of sp³-hybridized carbons (Fsp3) is 0.538. The fourth-order valence-electron chi connectivity index (χ4n) is 2.23. The van der Waals surface area contributed by atoms with E-state index in [1.807, 2.05) is 12.1 Å². The van der Waals surface area contributed by atoms with Gasteiger partial charge in [0.1, 0.15) is 5.75 Å². The normalized spacial score (nSPS) is 21.4. The molecule has 0 aliphatic carbocycles. The van der Waals surface area contributed by atoms with Crippen LogP contribution in [-0.2, 0) is 6.54 Å². The molecule has 1 aliphatic heterocycles. The van der Waals surface area contributed by atoms with Gasteiger partial charge in [0.05, 0.1) is 0 Å². The minimum absolute atomic E-state index is 0. The number of phenols is 1. The second-order valence-corrected chi connectivity index (χ2v) is 4.48. The summed E-state index contributed by atoms with van der Waals surface area (Å²) in [7, 11) is 0. The highest BCUT2D eigenvalue weighted by molar-refractivity contribution is 5.85. The Morgan fingerprint density at radius 2 is 1.94 bits per heavy atom. The molecule has 2 nitrogen and oxygen atoms in total. The smallest absolute Gasteiger partial charge is 0.115 e. The van der Waals surface area contributed by atoms with Crippen molar-refractivity contribution in [3.8, 4) is 5.75 Å². The maximum atomic E-state index is 9.20. The van der Waals surface area contributed by atoms with Gasteiger partial charge in [0.2, 0.25) is 0 Å². The summed E-state index contributed by atoms with van der Waals surface area (Å²) < 4.78 is 0. The van der Waals surface area contributed by atoms with Crippen molar-refractivity contribution >= 4 is 12.4 Å². The number of aromatic hydroxyl groups is 1. The largest absolute Gasteiger partial charge is 0.508 e. The van der Waals surface area contributed by atoms with Crippen molar-refractivity contribution in [2.24, 2.45) is 0 Å². The van der Waals surface area contributed by atoms with Crippen molar-refractivity contribution in [3.05, 3.63) is 29.8 Å². The molecule has 2 rings (SSSR count). The molecule has 3 heteroatoms. The summed E-state index contributed by atoms with van der Waals surface area (Å²) in [6, 6.07) is 8.26. The van der Waals surface area contributed by atoms with Crippen LogP contribution in [0.4, 0.5) is 0 Å². The van der Waals surface area contributed by atoms with E-state index < -0.39 is 0 Å². The van der Waals surface area contributed by atoms with Crippen LogP contribution in [0.15, 0.2) is 24.3 Å². The Labute approximate surface area is 104 Å². The lowest BCUT2D eigenvalue weighted by Gasteiger charge is -2.33. The zero-order valence-electron chi connectivity index (χ0n) is 9.72. The molecule has 90 valence electrons. The lowest BCUT2D eigenvalue weighted by molar-refractivity contribution is 0.152. The minimum atomic E-state index is 0. The van der Waals surface area contributed by atoms with Gasteiger partial charge >= 0.3 is 0 Å². The SMILES string of the molecule is CC1CCCCN1Cc1ccc(O)cc1.Cl. The third kappa shape index (κ3) is 3.39. The van der Waals surface area contributed by atoms with E-state index in [0.29, 0.717) is 11.8 Å². The van der Waals surface area contributed by atoms with Crippen molar-refractivity contribution < 1.29 is 5.11 Å². The monoisotopic (exact) mass is 241 g/mol. The van der Waals surface area contributed by atoms with Gasteiger partial charge < -0.3 is 5.11 Å². The van der Waals surface area contributed by atoms with Gasteiger partial charge in [-0.1, -0.05) is 18.6 Å².